The minimum atomic E-state index is -0.0167. The Morgan fingerprint density at radius 3 is 2.21 bits per heavy atom. The number of carbonyl (C=O) groups excluding carboxylic acids is 2. The van der Waals surface area contributed by atoms with E-state index in [2.05, 4.69) is 5.32 Å². The maximum absolute atomic E-state index is 12.3. The van der Waals surface area contributed by atoms with E-state index in [1.165, 1.54) is 0 Å². The maximum atomic E-state index is 12.3. The molecule has 19 heavy (non-hydrogen) atoms. The zero-order valence-electron chi connectivity index (χ0n) is 11.5. The molecule has 3 fully saturated rings. The third-order valence-corrected chi connectivity index (χ3v) is 4.83. The van der Waals surface area contributed by atoms with E-state index in [0.717, 1.165) is 64.7 Å². The zero-order chi connectivity index (χ0) is 13.3. The molecule has 0 aromatic heterocycles. The van der Waals surface area contributed by atoms with Crippen LogP contribution in [0, 0.1) is 0 Å². The maximum Gasteiger partial charge on any atom is 0.320 e. The molecule has 3 heterocycles. The molecule has 0 radical (unpaired) electrons. The van der Waals surface area contributed by atoms with Gasteiger partial charge in [0, 0.05) is 38.1 Å². The van der Waals surface area contributed by atoms with Gasteiger partial charge in [0.25, 0.3) is 0 Å². The normalized spacial score (nSPS) is 26.6. The number of piperidine rings is 2. The highest BCUT2D eigenvalue weighted by atomic mass is 16.2. The molecule has 0 atom stereocenters. The molecule has 106 valence electrons. The molecule has 0 unspecified atom stereocenters. The van der Waals surface area contributed by atoms with Gasteiger partial charge in [0.2, 0.25) is 5.91 Å². The number of amides is 3. The second-order valence-corrected chi connectivity index (χ2v) is 6.15. The van der Waals surface area contributed by atoms with Gasteiger partial charge >= 0.3 is 6.03 Å². The van der Waals surface area contributed by atoms with Gasteiger partial charge in [-0.05, 0) is 38.5 Å². The molecular formula is C14H23N3O2. The summed E-state index contributed by atoms with van der Waals surface area (Å²) in [5, 5.41) is 3.17. The summed E-state index contributed by atoms with van der Waals surface area (Å²) in [5.74, 6) is 0.186. The van der Waals surface area contributed by atoms with E-state index in [9.17, 15) is 9.59 Å². The average Bonchev–Trinajstić information content (AvgIpc) is 2.92. The number of likely N-dealkylation sites (tertiary alicyclic amines) is 2. The van der Waals surface area contributed by atoms with E-state index in [4.69, 9.17) is 0 Å². The third kappa shape index (κ3) is 2.55. The monoisotopic (exact) mass is 265 g/mol. The second kappa shape index (κ2) is 5.02. The summed E-state index contributed by atoms with van der Waals surface area (Å²) in [6, 6.07) is 0.203. The van der Waals surface area contributed by atoms with Crippen LogP contribution in [0.2, 0.25) is 0 Å². The second-order valence-electron chi connectivity index (χ2n) is 6.15. The number of nitrogens with zero attached hydrogens (tertiary/aromatic N) is 2. The van der Waals surface area contributed by atoms with Crippen LogP contribution in [0.4, 0.5) is 4.79 Å². The van der Waals surface area contributed by atoms with E-state index in [1.807, 2.05) is 9.80 Å². The molecule has 1 N–H and O–H groups in total. The molecule has 3 rings (SSSR count). The fourth-order valence-corrected chi connectivity index (χ4v) is 3.62. The number of hydrogen-bond donors (Lipinski definition) is 1. The summed E-state index contributed by atoms with van der Waals surface area (Å²) in [7, 11) is 0. The molecule has 0 aromatic carbocycles. The van der Waals surface area contributed by atoms with Crippen molar-refractivity contribution in [3.05, 3.63) is 0 Å². The molecule has 3 aliphatic heterocycles. The predicted octanol–water partition coefficient (Wildman–Crippen LogP) is 1.34. The van der Waals surface area contributed by atoms with Gasteiger partial charge in [0.1, 0.15) is 0 Å². The Morgan fingerprint density at radius 1 is 0.947 bits per heavy atom. The Labute approximate surface area is 114 Å². The van der Waals surface area contributed by atoms with Gasteiger partial charge in [0.05, 0.1) is 0 Å². The highest BCUT2D eigenvalue weighted by molar-refractivity contribution is 5.78. The van der Waals surface area contributed by atoms with Crippen LogP contribution < -0.4 is 5.32 Å². The first-order valence-electron chi connectivity index (χ1n) is 7.53. The van der Waals surface area contributed by atoms with Crippen molar-refractivity contribution in [2.45, 2.75) is 50.5 Å². The lowest BCUT2D eigenvalue weighted by atomic mass is 9.80. The van der Waals surface area contributed by atoms with Gasteiger partial charge in [-0.3, -0.25) is 4.79 Å². The summed E-state index contributed by atoms with van der Waals surface area (Å²) in [6.07, 6.45) is 6.84. The lowest BCUT2D eigenvalue weighted by molar-refractivity contribution is -0.125. The molecule has 0 aromatic rings. The zero-order valence-corrected chi connectivity index (χ0v) is 11.5. The minimum absolute atomic E-state index is 0.0167. The standard InChI is InChI=1S/C14H23N3O2/c18-12-4-3-5-14(15-12)6-10-17(11-7-14)13(19)16-8-1-2-9-16/h1-11H2,(H,15,18). The van der Waals surface area contributed by atoms with E-state index in [0.29, 0.717) is 6.42 Å². The first-order valence-corrected chi connectivity index (χ1v) is 7.53. The Kier molecular flexibility index (Phi) is 3.37. The third-order valence-electron chi connectivity index (χ3n) is 4.83. The summed E-state index contributed by atoms with van der Waals surface area (Å²) in [4.78, 5) is 27.8. The van der Waals surface area contributed by atoms with Crippen molar-refractivity contribution in [1.29, 1.82) is 0 Å². The molecule has 0 bridgehead atoms. The van der Waals surface area contributed by atoms with Gasteiger partial charge in [-0.15, -0.1) is 0 Å². The highest BCUT2D eigenvalue weighted by Gasteiger charge is 2.39. The molecular weight excluding hydrogens is 242 g/mol. The van der Waals surface area contributed by atoms with Crippen molar-refractivity contribution in [2.75, 3.05) is 26.2 Å². The molecule has 0 saturated carbocycles. The van der Waals surface area contributed by atoms with Crippen LogP contribution in [0.25, 0.3) is 0 Å². The van der Waals surface area contributed by atoms with Crippen LogP contribution in [-0.2, 0) is 4.79 Å². The van der Waals surface area contributed by atoms with Crippen LogP contribution >= 0.6 is 0 Å². The van der Waals surface area contributed by atoms with Crippen LogP contribution in [-0.4, -0.2) is 53.5 Å². The fraction of sp³-hybridized carbons (Fsp3) is 0.857. The van der Waals surface area contributed by atoms with Gasteiger partial charge in [0.15, 0.2) is 0 Å². The number of rotatable bonds is 0. The Morgan fingerprint density at radius 2 is 1.58 bits per heavy atom. The number of nitrogens with one attached hydrogen (secondary N) is 1. The quantitative estimate of drug-likeness (QED) is 0.718. The van der Waals surface area contributed by atoms with Crippen molar-refractivity contribution < 1.29 is 9.59 Å². The number of hydrogen-bond acceptors (Lipinski definition) is 2. The highest BCUT2D eigenvalue weighted by Crippen LogP contribution is 2.31. The van der Waals surface area contributed by atoms with Gasteiger partial charge in [-0.2, -0.15) is 0 Å². The first-order chi connectivity index (χ1) is 9.19. The van der Waals surface area contributed by atoms with Crippen LogP contribution in [0.15, 0.2) is 0 Å². The van der Waals surface area contributed by atoms with Crippen molar-refractivity contribution >= 4 is 11.9 Å². The van der Waals surface area contributed by atoms with Crippen molar-refractivity contribution in [3.8, 4) is 0 Å². The molecule has 5 nitrogen and oxygen atoms in total. The van der Waals surface area contributed by atoms with Crippen molar-refractivity contribution in [3.63, 3.8) is 0 Å². The van der Waals surface area contributed by atoms with E-state index >= 15 is 0 Å². The molecule has 0 aliphatic carbocycles. The van der Waals surface area contributed by atoms with E-state index in [1.54, 1.807) is 0 Å². The lowest BCUT2D eigenvalue weighted by Gasteiger charge is -2.45. The molecule has 3 saturated heterocycles. The first kappa shape index (κ1) is 12.8. The molecule has 3 aliphatic rings. The van der Waals surface area contributed by atoms with Crippen molar-refractivity contribution in [2.24, 2.45) is 0 Å². The minimum Gasteiger partial charge on any atom is -0.351 e. The Balaban J connectivity index is 1.56. The van der Waals surface area contributed by atoms with E-state index < -0.39 is 0 Å². The SMILES string of the molecule is O=C1CCCC2(CCN(C(=O)N3CCCC3)CC2)N1. The molecule has 5 heteroatoms. The summed E-state index contributed by atoms with van der Waals surface area (Å²) >= 11 is 0. The summed E-state index contributed by atoms with van der Waals surface area (Å²) in [6.45, 7) is 3.40. The average molecular weight is 265 g/mol. The smallest absolute Gasteiger partial charge is 0.320 e. The van der Waals surface area contributed by atoms with Crippen LogP contribution in [0.5, 0.6) is 0 Å². The predicted molar refractivity (Wildman–Crippen MR) is 71.7 cm³/mol. The number of urea groups is 1. The lowest BCUT2D eigenvalue weighted by Crippen LogP contribution is -2.59. The van der Waals surface area contributed by atoms with Gasteiger partial charge in [-0.1, -0.05) is 0 Å². The number of carbonyl (C=O) groups is 2. The van der Waals surface area contributed by atoms with E-state index in [-0.39, 0.29) is 17.5 Å². The Bertz CT molecular complexity index is 369. The summed E-state index contributed by atoms with van der Waals surface area (Å²) < 4.78 is 0. The summed E-state index contributed by atoms with van der Waals surface area (Å²) in [5.41, 5.74) is -0.0167. The molecule has 1 spiro atoms. The van der Waals surface area contributed by atoms with Gasteiger partial charge in [-0.25, -0.2) is 4.79 Å². The Hall–Kier alpha value is -1.26. The largest absolute Gasteiger partial charge is 0.351 e. The topological polar surface area (TPSA) is 52.7 Å². The van der Waals surface area contributed by atoms with Crippen LogP contribution in [0.1, 0.15) is 44.9 Å². The van der Waals surface area contributed by atoms with Gasteiger partial charge < -0.3 is 15.1 Å². The molecule has 3 amide bonds. The fourth-order valence-electron chi connectivity index (χ4n) is 3.62. The van der Waals surface area contributed by atoms with Crippen LogP contribution in [0.3, 0.4) is 0 Å². The van der Waals surface area contributed by atoms with Crippen molar-refractivity contribution in [1.82, 2.24) is 15.1 Å².